The van der Waals surface area contributed by atoms with Crippen molar-refractivity contribution < 1.29 is 34.2 Å². The average molecular weight is 841 g/mol. The van der Waals surface area contributed by atoms with E-state index >= 15 is 0 Å². The van der Waals surface area contributed by atoms with Gasteiger partial charge < -0.3 is 30.6 Å². The van der Waals surface area contributed by atoms with Crippen LogP contribution in [0.3, 0.4) is 0 Å². The van der Waals surface area contributed by atoms with Crippen LogP contribution >= 0.6 is 23.7 Å². The van der Waals surface area contributed by atoms with Crippen molar-refractivity contribution in [2.24, 2.45) is 11.3 Å². The van der Waals surface area contributed by atoms with Gasteiger partial charge in [0.2, 0.25) is 5.91 Å². The highest BCUT2D eigenvalue weighted by Gasteiger charge is 2.40. The summed E-state index contributed by atoms with van der Waals surface area (Å²) in [4.78, 5) is 70.3. The van der Waals surface area contributed by atoms with Gasteiger partial charge in [0.05, 0.1) is 16.5 Å². The number of benzene rings is 3. The number of aliphatic carboxylic acids is 1. The van der Waals surface area contributed by atoms with E-state index in [1.165, 1.54) is 11.3 Å². The lowest BCUT2D eigenvalue weighted by Gasteiger charge is -2.49. The third kappa shape index (κ3) is 10.4. The minimum atomic E-state index is -1.02. The van der Waals surface area contributed by atoms with Gasteiger partial charge in [0.25, 0.3) is 11.8 Å². The molecule has 0 radical (unpaired) electrons. The molecule has 3 aromatic carbocycles. The average Bonchev–Trinajstić information content (AvgIpc) is 3.60. The molecule has 2 bridgehead atoms. The van der Waals surface area contributed by atoms with Crippen molar-refractivity contribution in [3.05, 3.63) is 117 Å². The minimum Gasteiger partial charge on any atom is -0.481 e. The van der Waals surface area contributed by atoms with Crippen LogP contribution in [0.5, 0.6) is 0 Å². The van der Waals surface area contributed by atoms with Crippen LogP contribution in [0.1, 0.15) is 111 Å². The van der Waals surface area contributed by atoms with Crippen LogP contribution < -0.4 is 10.6 Å². The Morgan fingerprint density at radius 3 is 2.10 bits per heavy atom. The van der Waals surface area contributed by atoms with Gasteiger partial charge in [0, 0.05) is 41.7 Å². The first kappa shape index (κ1) is 43.5. The summed E-state index contributed by atoms with van der Waals surface area (Å²) in [5, 5.41) is 25.5. The van der Waals surface area contributed by atoms with Gasteiger partial charge in [-0.25, -0.2) is 4.79 Å². The predicted octanol–water partition coefficient (Wildman–Crippen LogP) is 8.35. The lowest BCUT2D eigenvalue weighted by molar-refractivity contribution is -0.148. The van der Waals surface area contributed by atoms with Gasteiger partial charge in [-0.1, -0.05) is 36.4 Å². The molecule has 1 aliphatic carbocycles. The number of carbonyl (C=O) groups excluding carboxylic acids is 3. The summed E-state index contributed by atoms with van der Waals surface area (Å²) >= 11 is 1.46. The molecule has 4 heterocycles. The van der Waals surface area contributed by atoms with Crippen LogP contribution in [-0.2, 0) is 41.8 Å². The number of anilines is 2. The molecule has 0 saturated carbocycles. The quantitative estimate of drug-likeness (QED) is 0.0931. The monoisotopic (exact) mass is 840 g/mol. The van der Waals surface area contributed by atoms with Gasteiger partial charge in [-0.3, -0.25) is 19.2 Å². The van der Waals surface area contributed by atoms with Gasteiger partial charge in [-0.15, -0.1) is 23.7 Å². The molecule has 1 aromatic heterocycles. The summed E-state index contributed by atoms with van der Waals surface area (Å²) in [6.45, 7) is 6.47. The number of halogens is 1. The number of nitrogens with one attached hydrogen (secondary N) is 2. The van der Waals surface area contributed by atoms with Gasteiger partial charge >= 0.3 is 11.9 Å². The maximum Gasteiger partial charge on any atom is 0.335 e. The Morgan fingerprint density at radius 2 is 1.47 bits per heavy atom. The van der Waals surface area contributed by atoms with Crippen molar-refractivity contribution in [3.8, 4) is 0 Å². The predicted molar refractivity (Wildman–Crippen MR) is 232 cm³/mol. The summed E-state index contributed by atoms with van der Waals surface area (Å²) in [7, 11) is 0. The number of amides is 3. The molecule has 59 heavy (non-hydrogen) atoms. The maximum absolute atomic E-state index is 14.0. The smallest absolute Gasteiger partial charge is 0.335 e. The third-order valence-electron chi connectivity index (χ3n) is 12.2. The van der Waals surface area contributed by atoms with Crippen molar-refractivity contribution in [1.29, 1.82) is 0 Å². The van der Waals surface area contributed by atoms with E-state index in [-0.39, 0.29) is 54.6 Å². The Balaban J connectivity index is 0.00000585. The second kappa shape index (κ2) is 18.9. The van der Waals surface area contributed by atoms with Crippen molar-refractivity contribution in [3.63, 3.8) is 0 Å². The summed E-state index contributed by atoms with van der Waals surface area (Å²) in [6.07, 6.45) is 7.54. The number of carboxylic acid groups (broad SMARTS) is 2. The highest BCUT2D eigenvalue weighted by Crippen LogP contribution is 2.39. The number of piperidine rings is 3. The van der Waals surface area contributed by atoms with Gasteiger partial charge in [0.1, 0.15) is 5.00 Å². The third-order valence-corrected chi connectivity index (χ3v) is 13.4. The molecule has 3 aliphatic heterocycles. The minimum absolute atomic E-state index is 0. The molecule has 13 heteroatoms. The summed E-state index contributed by atoms with van der Waals surface area (Å²) in [5.74, 6) is -2.16. The fourth-order valence-electron chi connectivity index (χ4n) is 8.48. The SMILES string of the molecule is CC(C)(CCC(=O)N(Cc1cccc(C(=O)Nc2sc3c(c2C(=O)Nc2ccc(CCc4ccc(C(=O)O)cc4)cc2)CCCC3)c1)[C@H]1CN2CCC1CC2)C(=O)O.Cl. The molecule has 4 aromatic rings. The van der Waals surface area contributed by atoms with E-state index in [2.05, 4.69) is 15.5 Å². The highest BCUT2D eigenvalue weighted by molar-refractivity contribution is 7.17. The number of nitrogens with zero attached hydrogens (tertiary/aromatic N) is 2. The molecular formula is C46H53ClN4O7S. The number of rotatable bonds is 15. The topological polar surface area (TPSA) is 156 Å². The number of carbonyl (C=O) groups is 5. The van der Waals surface area contributed by atoms with E-state index in [0.717, 1.165) is 98.1 Å². The molecule has 3 fully saturated rings. The number of fused-ring (bicyclic) bond motifs is 4. The molecule has 1 atom stereocenters. The van der Waals surface area contributed by atoms with Crippen LogP contribution in [0, 0.1) is 11.3 Å². The molecule has 3 amide bonds. The van der Waals surface area contributed by atoms with Crippen LogP contribution in [0.15, 0.2) is 72.8 Å². The first-order valence-corrected chi connectivity index (χ1v) is 21.2. The van der Waals surface area contributed by atoms with Crippen LogP contribution in [-0.4, -0.2) is 75.3 Å². The van der Waals surface area contributed by atoms with Gasteiger partial charge in [0.15, 0.2) is 0 Å². The Labute approximate surface area is 355 Å². The molecule has 4 N–H and O–H groups in total. The Bertz CT molecular complexity index is 2180. The van der Waals surface area contributed by atoms with Crippen molar-refractivity contribution in [1.82, 2.24) is 9.80 Å². The van der Waals surface area contributed by atoms with E-state index in [1.807, 2.05) is 59.5 Å². The molecule has 312 valence electrons. The van der Waals surface area contributed by atoms with E-state index in [1.54, 1.807) is 32.0 Å². The number of aromatic carboxylic acids is 1. The lowest BCUT2D eigenvalue weighted by atomic mass is 9.82. The molecule has 4 aliphatic rings. The second-order valence-electron chi connectivity index (χ2n) is 16.6. The second-order valence-corrected chi connectivity index (χ2v) is 17.7. The normalized spacial score (nSPS) is 18.2. The van der Waals surface area contributed by atoms with Gasteiger partial charge in [-0.05, 0) is 149 Å². The van der Waals surface area contributed by atoms with E-state index < -0.39 is 17.4 Å². The molecule has 8 rings (SSSR count). The van der Waals surface area contributed by atoms with E-state index in [0.29, 0.717) is 34.3 Å². The zero-order chi connectivity index (χ0) is 41.0. The molecule has 11 nitrogen and oxygen atoms in total. The first-order chi connectivity index (χ1) is 27.8. The molecular weight excluding hydrogens is 788 g/mol. The van der Waals surface area contributed by atoms with Crippen molar-refractivity contribution >= 4 is 64.1 Å². The first-order valence-electron chi connectivity index (χ1n) is 20.4. The zero-order valence-electron chi connectivity index (χ0n) is 33.6. The number of hydrogen-bond donors (Lipinski definition) is 4. The number of hydrogen-bond acceptors (Lipinski definition) is 7. The molecule has 0 unspecified atom stereocenters. The van der Waals surface area contributed by atoms with E-state index in [9.17, 15) is 29.1 Å². The summed E-state index contributed by atoms with van der Waals surface area (Å²) in [6, 6.07) is 21.9. The number of carboxylic acids is 2. The Kier molecular flexibility index (Phi) is 14.0. The standard InChI is InChI=1S/C46H52N4O7S.ClH/c1-46(2,45(56)57)23-20-39(51)50(37-28-49-24-21-32(37)22-25-49)27-31-6-5-7-34(26-31)41(52)48-43-40(36-8-3-4-9-38(36)58-43)42(53)47-35-18-14-30(15-19-35)11-10-29-12-16-33(17-13-29)44(54)55;/h5-7,12-19,26,32,37H,3-4,8-11,20-25,27-28H2,1-2H3,(H,47,53)(H,48,52)(H,54,55)(H,56,57);1H/t37-;/m0./s1. The van der Waals surface area contributed by atoms with Gasteiger partial charge in [-0.2, -0.15) is 0 Å². The van der Waals surface area contributed by atoms with Crippen LogP contribution in [0.25, 0.3) is 0 Å². The fraction of sp³-hybridized carbons (Fsp3) is 0.413. The Morgan fingerprint density at radius 1 is 0.814 bits per heavy atom. The lowest BCUT2D eigenvalue weighted by Crippen LogP contribution is -2.58. The van der Waals surface area contributed by atoms with E-state index in [4.69, 9.17) is 5.11 Å². The largest absolute Gasteiger partial charge is 0.481 e. The zero-order valence-corrected chi connectivity index (χ0v) is 35.3. The maximum atomic E-state index is 14.0. The highest BCUT2D eigenvalue weighted by atomic mass is 35.5. The molecule has 0 spiro atoms. The molecule has 3 saturated heterocycles. The van der Waals surface area contributed by atoms with Crippen LogP contribution in [0.4, 0.5) is 10.7 Å². The Hall–Kier alpha value is -5.04. The van der Waals surface area contributed by atoms with Crippen molar-refractivity contribution in [2.45, 2.75) is 90.6 Å². The summed E-state index contributed by atoms with van der Waals surface area (Å²) in [5.41, 5.74) is 4.75. The fourth-order valence-corrected chi connectivity index (χ4v) is 9.76. The number of thiophene rings is 1. The summed E-state index contributed by atoms with van der Waals surface area (Å²) < 4.78 is 0. The number of aryl methyl sites for hydroxylation is 3. The van der Waals surface area contributed by atoms with Crippen LogP contribution in [0.2, 0.25) is 0 Å². The van der Waals surface area contributed by atoms with Crippen molar-refractivity contribution in [2.75, 3.05) is 30.3 Å².